The van der Waals surface area contributed by atoms with Gasteiger partial charge in [0.05, 0.1) is 0 Å². The predicted molar refractivity (Wildman–Crippen MR) is 81.4 cm³/mol. The van der Waals surface area contributed by atoms with E-state index in [1.165, 1.54) is 51.5 Å². The molecule has 1 N–H and O–H groups in total. The quantitative estimate of drug-likeness (QED) is 0.803. The molecule has 0 radical (unpaired) electrons. The molecule has 2 fully saturated rings. The summed E-state index contributed by atoms with van der Waals surface area (Å²) in [5.41, 5.74) is 3.25. The minimum atomic E-state index is 0.615. The Kier molecular flexibility index (Phi) is 4.22. The van der Waals surface area contributed by atoms with Crippen LogP contribution >= 0.6 is 0 Å². The molecule has 1 atom stereocenters. The van der Waals surface area contributed by atoms with E-state index >= 15 is 0 Å². The molecular formula is C18H27N. The fourth-order valence-corrected chi connectivity index (χ4v) is 3.89. The Morgan fingerprint density at radius 1 is 0.895 bits per heavy atom. The second-order valence-electron chi connectivity index (χ2n) is 6.59. The Bertz CT molecular complexity index is 398. The monoisotopic (exact) mass is 257 g/mol. The van der Waals surface area contributed by atoms with Crippen LogP contribution in [0.5, 0.6) is 0 Å². The van der Waals surface area contributed by atoms with Crippen LogP contribution in [0.15, 0.2) is 24.3 Å². The minimum absolute atomic E-state index is 0.615. The molecule has 1 aromatic carbocycles. The van der Waals surface area contributed by atoms with Gasteiger partial charge in [-0.1, -0.05) is 50.5 Å². The second kappa shape index (κ2) is 6.09. The molecule has 1 nitrogen and oxygen atoms in total. The lowest BCUT2D eigenvalue weighted by Gasteiger charge is -2.31. The molecule has 1 saturated heterocycles. The van der Waals surface area contributed by atoms with Gasteiger partial charge >= 0.3 is 0 Å². The van der Waals surface area contributed by atoms with Gasteiger partial charge in [0.2, 0.25) is 0 Å². The van der Waals surface area contributed by atoms with E-state index in [-0.39, 0.29) is 0 Å². The first-order valence-electron chi connectivity index (χ1n) is 8.17. The van der Waals surface area contributed by atoms with Crippen molar-refractivity contribution >= 4 is 0 Å². The number of benzene rings is 1. The van der Waals surface area contributed by atoms with Crippen LogP contribution in [-0.4, -0.2) is 6.54 Å². The molecule has 0 spiro atoms. The summed E-state index contributed by atoms with van der Waals surface area (Å²) in [6.07, 6.45) is 9.66. The largest absolute Gasteiger partial charge is 0.310 e. The van der Waals surface area contributed by atoms with Crippen molar-refractivity contribution in [3.05, 3.63) is 35.4 Å². The highest BCUT2D eigenvalue weighted by atomic mass is 14.9. The van der Waals surface area contributed by atoms with E-state index in [1.807, 2.05) is 0 Å². The summed E-state index contributed by atoms with van der Waals surface area (Å²) < 4.78 is 0. The lowest BCUT2D eigenvalue weighted by Crippen LogP contribution is -2.28. The average Bonchev–Trinajstić information content (AvgIpc) is 2.49. The number of rotatable bonds is 2. The van der Waals surface area contributed by atoms with Crippen molar-refractivity contribution in [2.24, 2.45) is 5.92 Å². The van der Waals surface area contributed by atoms with Gasteiger partial charge in [-0.2, -0.15) is 0 Å². The standard InChI is InChI=1S/C18H27N/c1-14-9-11-15(12-10-14)16-6-2-3-7-17(16)18-8-4-5-13-19-18/h2-3,6-7,14-15,18-19H,4-5,8-13H2,1H3. The van der Waals surface area contributed by atoms with Gasteiger partial charge in [-0.25, -0.2) is 0 Å². The Morgan fingerprint density at radius 3 is 2.32 bits per heavy atom. The molecule has 2 aliphatic rings. The van der Waals surface area contributed by atoms with Gasteiger partial charge in [0.15, 0.2) is 0 Å². The fraction of sp³-hybridized carbons (Fsp3) is 0.667. The third-order valence-electron chi connectivity index (χ3n) is 5.14. The van der Waals surface area contributed by atoms with E-state index in [4.69, 9.17) is 0 Å². The van der Waals surface area contributed by atoms with Gasteiger partial charge in [-0.3, -0.25) is 0 Å². The zero-order chi connectivity index (χ0) is 13.1. The molecular weight excluding hydrogens is 230 g/mol. The first-order valence-corrected chi connectivity index (χ1v) is 8.17. The first-order chi connectivity index (χ1) is 9.34. The predicted octanol–water partition coefficient (Wildman–Crippen LogP) is 4.79. The fourth-order valence-electron chi connectivity index (χ4n) is 3.89. The molecule has 1 aliphatic carbocycles. The summed E-state index contributed by atoms with van der Waals surface area (Å²) >= 11 is 0. The van der Waals surface area contributed by atoms with Crippen LogP contribution in [0.1, 0.15) is 75.0 Å². The van der Waals surface area contributed by atoms with Crippen LogP contribution in [0.4, 0.5) is 0 Å². The SMILES string of the molecule is CC1CCC(c2ccccc2C2CCCCN2)CC1. The van der Waals surface area contributed by atoms with E-state index in [0.29, 0.717) is 6.04 Å². The Balaban J connectivity index is 1.80. The van der Waals surface area contributed by atoms with Crippen molar-refractivity contribution in [3.63, 3.8) is 0 Å². The molecule has 1 heteroatoms. The topological polar surface area (TPSA) is 12.0 Å². The van der Waals surface area contributed by atoms with Gasteiger partial charge in [0.1, 0.15) is 0 Å². The van der Waals surface area contributed by atoms with Crippen molar-refractivity contribution in [3.8, 4) is 0 Å². The van der Waals surface area contributed by atoms with Gasteiger partial charge in [0, 0.05) is 6.04 Å². The van der Waals surface area contributed by atoms with Crippen LogP contribution < -0.4 is 5.32 Å². The molecule has 3 rings (SSSR count). The molecule has 0 aromatic heterocycles. The highest BCUT2D eigenvalue weighted by Crippen LogP contribution is 2.39. The molecule has 1 saturated carbocycles. The molecule has 1 unspecified atom stereocenters. The van der Waals surface area contributed by atoms with Gasteiger partial charge in [-0.05, 0) is 55.2 Å². The van der Waals surface area contributed by atoms with E-state index in [9.17, 15) is 0 Å². The maximum atomic E-state index is 3.72. The zero-order valence-electron chi connectivity index (χ0n) is 12.2. The molecule has 0 bridgehead atoms. The molecule has 104 valence electrons. The van der Waals surface area contributed by atoms with E-state index in [0.717, 1.165) is 11.8 Å². The van der Waals surface area contributed by atoms with Crippen molar-refractivity contribution in [2.75, 3.05) is 6.54 Å². The summed E-state index contributed by atoms with van der Waals surface area (Å²) in [6.45, 7) is 3.60. The Hall–Kier alpha value is -0.820. The van der Waals surface area contributed by atoms with Crippen molar-refractivity contribution in [1.29, 1.82) is 0 Å². The van der Waals surface area contributed by atoms with Crippen LogP contribution in [0.2, 0.25) is 0 Å². The summed E-state index contributed by atoms with van der Waals surface area (Å²) in [4.78, 5) is 0. The summed E-state index contributed by atoms with van der Waals surface area (Å²) in [5, 5.41) is 3.72. The zero-order valence-corrected chi connectivity index (χ0v) is 12.2. The van der Waals surface area contributed by atoms with E-state index in [1.54, 1.807) is 11.1 Å². The summed E-state index contributed by atoms with van der Waals surface area (Å²) in [5.74, 6) is 1.76. The van der Waals surface area contributed by atoms with Crippen LogP contribution in [0.25, 0.3) is 0 Å². The van der Waals surface area contributed by atoms with Crippen molar-refractivity contribution in [2.45, 2.75) is 63.8 Å². The van der Waals surface area contributed by atoms with Crippen LogP contribution in [-0.2, 0) is 0 Å². The number of nitrogens with one attached hydrogen (secondary N) is 1. The molecule has 19 heavy (non-hydrogen) atoms. The van der Waals surface area contributed by atoms with Gasteiger partial charge in [0.25, 0.3) is 0 Å². The minimum Gasteiger partial charge on any atom is -0.310 e. The third-order valence-corrected chi connectivity index (χ3v) is 5.14. The maximum Gasteiger partial charge on any atom is 0.0323 e. The first kappa shape index (κ1) is 13.2. The number of piperidine rings is 1. The normalized spacial score (nSPS) is 32.2. The molecule has 0 amide bonds. The van der Waals surface area contributed by atoms with E-state index < -0.39 is 0 Å². The molecule has 1 aliphatic heterocycles. The summed E-state index contributed by atoms with van der Waals surface area (Å²) in [6, 6.07) is 9.84. The summed E-state index contributed by atoms with van der Waals surface area (Å²) in [7, 11) is 0. The average molecular weight is 257 g/mol. The van der Waals surface area contributed by atoms with Gasteiger partial charge in [-0.15, -0.1) is 0 Å². The maximum absolute atomic E-state index is 3.72. The Labute approximate surface area is 117 Å². The smallest absolute Gasteiger partial charge is 0.0323 e. The number of hydrogen-bond donors (Lipinski definition) is 1. The highest BCUT2D eigenvalue weighted by Gasteiger charge is 2.24. The van der Waals surface area contributed by atoms with Crippen LogP contribution in [0.3, 0.4) is 0 Å². The lowest BCUT2D eigenvalue weighted by atomic mass is 9.77. The van der Waals surface area contributed by atoms with Gasteiger partial charge < -0.3 is 5.32 Å². The molecule has 1 heterocycles. The van der Waals surface area contributed by atoms with Crippen molar-refractivity contribution < 1.29 is 0 Å². The number of hydrogen-bond acceptors (Lipinski definition) is 1. The van der Waals surface area contributed by atoms with Crippen molar-refractivity contribution in [1.82, 2.24) is 5.32 Å². The second-order valence-corrected chi connectivity index (χ2v) is 6.59. The highest BCUT2D eigenvalue weighted by molar-refractivity contribution is 5.33. The van der Waals surface area contributed by atoms with Crippen LogP contribution in [0, 0.1) is 5.92 Å². The third kappa shape index (κ3) is 3.02. The van der Waals surface area contributed by atoms with E-state index in [2.05, 4.69) is 36.5 Å². The Morgan fingerprint density at radius 2 is 1.63 bits per heavy atom. The molecule has 1 aromatic rings. The lowest BCUT2D eigenvalue weighted by molar-refractivity contribution is 0.342.